The number of piperazine rings is 1. The minimum atomic E-state index is -0.440. The maximum absolute atomic E-state index is 12.3. The molecule has 1 aromatic rings. The molecule has 0 unspecified atom stereocenters. The van der Waals surface area contributed by atoms with Crippen molar-refractivity contribution in [2.75, 3.05) is 58.5 Å². The molecule has 0 aliphatic carbocycles. The molecule has 130 valence electrons. The number of methoxy groups -OCH3 is 2. The number of hydrogen-bond donors (Lipinski definition) is 0. The van der Waals surface area contributed by atoms with Crippen LogP contribution < -0.4 is 9.64 Å². The Morgan fingerprint density at radius 3 is 2.46 bits per heavy atom. The van der Waals surface area contributed by atoms with E-state index in [0.717, 1.165) is 5.69 Å². The molecule has 3 rings (SSSR count). The number of amides is 1. The zero-order chi connectivity index (χ0) is 17.1. The van der Waals surface area contributed by atoms with Crippen molar-refractivity contribution in [3.63, 3.8) is 0 Å². The lowest BCUT2D eigenvalue weighted by Gasteiger charge is -2.39. The fraction of sp³-hybridized carbons (Fsp3) is 0.562. The first-order valence-electron chi connectivity index (χ1n) is 7.88. The summed E-state index contributed by atoms with van der Waals surface area (Å²) in [5.41, 5.74) is 1.11. The number of ether oxygens (including phenoxy) is 3. The zero-order valence-electron chi connectivity index (χ0n) is 13.9. The van der Waals surface area contributed by atoms with Gasteiger partial charge >= 0.3 is 5.97 Å². The van der Waals surface area contributed by atoms with E-state index in [-0.39, 0.29) is 11.8 Å². The average molecular weight is 335 g/mol. The molecule has 0 atom stereocenters. The Morgan fingerprint density at radius 1 is 1.21 bits per heavy atom. The molecular weight excluding hydrogens is 314 g/mol. The van der Waals surface area contributed by atoms with Gasteiger partial charge in [-0.05, 0) is 6.07 Å². The van der Waals surface area contributed by atoms with Crippen LogP contribution in [0, 0.1) is 5.92 Å². The van der Waals surface area contributed by atoms with Gasteiger partial charge in [0.05, 0.1) is 38.9 Å². The van der Waals surface area contributed by atoms with Gasteiger partial charge in [-0.2, -0.15) is 0 Å². The topological polar surface area (TPSA) is 81.2 Å². The number of anilines is 1. The van der Waals surface area contributed by atoms with Crippen molar-refractivity contribution in [1.29, 1.82) is 0 Å². The van der Waals surface area contributed by atoms with Gasteiger partial charge in [-0.25, -0.2) is 9.78 Å². The molecule has 2 aliphatic heterocycles. The molecule has 0 N–H and O–H groups in total. The molecule has 3 heterocycles. The Kier molecular flexibility index (Phi) is 4.84. The highest BCUT2D eigenvalue weighted by Gasteiger charge is 2.32. The van der Waals surface area contributed by atoms with Crippen molar-refractivity contribution in [2.45, 2.75) is 0 Å². The predicted molar refractivity (Wildman–Crippen MR) is 85.2 cm³/mol. The second-order valence-corrected chi connectivity index (χ2v) is 5.79. The fourth-order valence-corrected chi connectivity index (χ4v) is 2.86. The third-order valence-corrected chi connectivity index (χ3v) is 4.37. The molecule has 24 heavy (non-hydrogen) atoms. The number of pyridine rings is 1. The number of carbonyl (C=O) groups is 2. The normalized spacial score (nSPS) is 18.1. The van der Waals surface area contributed by atoms with E-state index in [2.05, 4.69) is 9.88 Å². The van der Waals surface area contributed by atoms with E-state index in [1.807, 2.05) is 4.90 Å². The van der Waals surface area contributed by atoms with Crippen LogP contribution in [0.5, 0.6) is 5.88 Å². The Hall–Kier alpha value is -2.35. The van der Waals surface area contributed by atoms with Crippen LogP contribution in [-0.4, -0.2) is 75.4 Å². The van der Waals surface area contributed by atoms with Gasteiger partial charge in [0.2, 0.25) is 11.8 Å². The highest BCUT2D eigenvalue weighted by Crippen LogP contribution is 2.28. The SMILES string of the molecule is COC(=O)c1cnc(OC)c(N2CCN(C(=O)C3COC3)CC2)c1. The van der Waals surface area contributed by atoms with Gasteiger partial charge in [-0.15, -0.1) is 0 Å². The minimum absolute atomic E-state index is 0.00963. The van der Waals surface area contributed by atoms with Gasteiger partial charge in [0.1, 0.15) is 5.69 Å². The maximum Gasteiger partial charge on any atom is 0.339 e. The highest BCUT2D eigenvalue weighted by molar-refractivity contribution is 5.90. The van der Waals surface area contributed by atoms with E-state index >= 15 is 0 Å². The molecule has 1 aromatic heterocycles. The number of aromatic nitrogens is 1. The zero-order valence-corrected chi connectivity index (χ0v) is 13.9. The number of rotatable bonds is 4. The first kappa shape index (κ1) is 16.5. The standard InChI is InChI=1S/C16H21N3O5/c1-22-14-13(7-11(8-17-14)16(21)23-2)18-3-5-19(6-4-18)15(20)12-9-24-10-12/h7-8,12H,3-6,9-10H2,1-2H3. The second-order valence-electron chi connectivity index (χ2n) is 5.79. The summed E-state index contributed by atoms with van der Waals surface area (Å²) in [5.74, 6) is 0.185. The van der Waals surface area contributed by atoms with Crippen molar-refractivity contribution < 1.29 is 23.8 Å². The molecule has 1 amide bonds. The van der Waals surface area contributed by atoms with Crippen LogP contribution in [0.15, 0.2) is 12.3 Å². The molecule has 2 aliphatic rings. The average Bonchev–Trinajstić information content (AvgIpc) is 2.59. The lowest BCUT2D eigenvalue weighted by molar-refractivity contribution is -0.150. The highest BCUT2D eigenvalue weighted by atomic mass is 16.5. The summed E-state index contributed by atoms with van der Waals surface area (Å²) in [6.07, 6.45) is 1.44. The summed E-state index contributed by atoms with van der Waals surface area (Å²) >= 11 is 0. The van der Waals surface area contributed by atoms with Crippen molar-refractivity contribution in [2.24, 2.45) is 5.92 Å². The largest absolute Gasteiger partial charge is 0.480 e. The smallest absolute Gasteiger partial charge is 0.339 e. The molecule has 8 heteroatoms. The third kappa shape index (κ3) is 3.14. The van der Waals surface area contributed by atoms with Crippen LogP contribution in [0.1, 0.15) is 10.4 Å². The first-order valence-corrected chi connectivity index (χ1v) is 7.88. The summed E-state index contributed by atoms with van der Waals surface area (Å²) in [4.78, 5) is 32.1. The van der Waals surface area contributed by atoms with Gasteiger partial charge in [-0.3, -0.25) is 4.79 Å². The van der Waals surface area contributed by atoms with E-state index in [4.69, 9.17) is 14.2 Å². The summed E-state index contributed by atoms with van der Waals surface area (Å²) in [6.45, 7) is 3.61. The fourth-order valence-electron chi connectivity index (χ4n) is 2.86. The third-order valence-electron chi connectivity index (χ3n) is 4.37. The maximum atomic E-state index is 12.3. The summed E-state index contributed by atoms with van der Waals surface area (Å²) < 4.78 is 15.1. The van der Waals surface area contributed by atoms with E-state index in [1.165, 1.54) is 13.3 Å². The number of esters is 1. The lowest BCUT2D eigenvalue weighted by atomic mass is 10.1. The Bertz CT molecular complexity index is 624. The van der Waals surface area contributed by atoms with Crippen LogP contribution in [0.3, 0.4) is 0 Å². The number of nitrogens with zero attached hydrogens (tertiary/aromatic N) is 3. The van der Waals surface area contributed by atoms with Gasteiger partial charge in [0, 0.05) is 32.4 Å². The van der Waals surface area contributed by atoms with Crippen LogP contribution in [0.4, 0.5) is 5.69 Å². The van der Waals surface area contributed by atoms with Crippen LogP contribution >= 0.6 is 0 Å². The van der Waals surface area contributed by atoms with Gasteiger partial charge in [-0.1, -0.05) is 0 Å². The second kappa shape index (κ2) is 7.04. The van der Waals surface area contributed by atoms with E-state index in [9.17, 15) is 9.59 Å². The molecule has 0 bridgehead atoms. The molecule has 0 aromatic carbocycles. The molecule has 8 nitrogen and oxygen atoms in total. The van der Waals surface area contributed by atoms with Crippen molar-refractivity contribution in [1.82, 2.24) is 9.88 Å². The van der Waals surface area contributed by atoms with Crippen LogP contribution in [-0.2, 0) is 14.3 Å². The lowest BCUT2D eigenvalue weighted by Crippen LogP contribution is -2.53. The summed E-state index contributed by atoms with van der Waals surface area (Å²) in [6, 6.07) is 1.72. The predicted octanol–water partition coefficient (Wildman–Crippen LogP) is 0.172. The number of carbonyl (C=O) groups excluding carboxylic acids is 2. The van der Waals surface area contributed by atoms with Crippen molar-refractivity contribution >= 4 is 17.6 Å². The molecule has 2 fully saturated rings. The quantitative estimate of drug-likeness (QED) is 0.726. The molecule has 0 saturated carbocycles. The molecule has 2 saturated heterocycles. The van der Waals surface area contributed by atoms with E-state index < -0.39 is 5.97 Å². The van der Waals surface area contributed by atoms with Gasteiger partial charge in [0.25, 0.3) is 0 Å². The van der Waals surface area contributed by atoms with Crippen molar-refractivity contribution in [3.05, 3.63) is 17.8 Å². The van der Waals surface area contributed by atoms with Crippen LogP contribution in [0.25, 0.3) is 0 Å². The van der Waals surface area contributed by atoms with E-state index in [1.54, 1.807) is 13.2 Å². The summed E-state index contributed by atoms with van der Waals surface area (Å²) in [7, 11) is 2.88. The molecule has 0 radical (unpaired) electrons. The molecule has 0 spiro atoms. The van der Waals surface area contributed by atoms with Crippen LogP contribution in [0.2, 0.25) is 0 Å². The van der Waals surface area contributed by atoms with Crippen molar-refractivity contribution in [3.8, 4) is 5.88 Å². The molecular formula is C16H21N3O5. The summed E-state index contributed by atoms with van der Waals surface area (Å²) in [5, 5.41) is 0. The van der Waals surface area contributed by atoms with Gasteiger partial charge < -0.3 is 24.0 Å². The Morgan fingerprint density at radius 2 is 1.92 bits per heavy atom. The van der Waals surface area contributed by atoms with E-state index in [0.29, 0.717) is 50.8 Å². The first-order chi connectivity index (χ1) is 11.6. The number of hydrogen-bond acceptors (Lipinski definition) is 7. The van der Waals surface area contributed by atoms with Gasteiger partial charge in [0.15, 0.2) is 0 Å². The Labute approximate surface area is 140 Å². The minimum Gasteiger partial charge on any atom is -0.480 e. The monoisotopic (exact) mass is 335 g/mol. The Balaban J connectivity index is 1.70.